The summed E-state index contributed by atoms with van der Waals surface area (Å²) in [5, 5.41) is 0. The van der Waals surface area contributed by atoms with Gasteiger partial charge in [0.15, 0.2) is 0 Å². The predicted octanol–water partition coefficient (Wildman–Crippen LogP) is 5.07. The lowest BCUT2D eigenvalue weighted by atomic mass is 10.1. The summed E-state index contributed by atoms with van der Waals surface area (Å²) in [5.74, 6) is 0. The van der Waals surface area contributed by atoms with Crippen LogP contribution in [0.2, 0.25) is 0 Å². The fraction of sp³-hybridized carbons (Fsp3) is 0.235. The van der Waals surface area contributed by atoms with Gasteiger partial charge in [0, 0.05) is 18.0 Å². The zero-order chi connectivity index (χ0) is 14.4. The zero-order valence-corrected chi connectivity index (χ0v) is 13.5. The summed E-state index contributed by atoms with van der Waals surface area (Å²) in [6.07, 6.45) is 0. The van der Waals surface area contributed by atoms with Gasteiger partial charge in [-0.25, -0.2) is 0 Å². The maximum Gasteiger partial charge on any atom is 0.141 e. The van der Waals surface area contributed by atoms with E-state index in [0.29, 0.717) is 0 Å². The normalized spacial score (nSPS) is 10.3. The maximum absolute atomic E-state index is 5.47. The molecular weight excluding hydrogens is 282 g/mol. The minimum absolute atomic E-state index is 0.947. The van der Waals surface area contributed by atoms with E-state index in [1.807, 2.05) is 6.07 Å². The Balaban J connectivity index is 2.07. The first-order valence-electron chi connectivity index (χ1n) is 6.86. The molecule has 0 aliphatic heterocycles. The Bertz CT molecular complexity index is 545. The molecule has 20 heavy (non-hydrogen) atoms. The number of benzene rings is 2. The van der Waals surface area contributed by atoms with Crippen molar-refractivity contribution in [1.82, 2.24) is 4.90 Å². The van der Waals surface area contributed by atoms with Crippen LogP contribution in [0.1, 0.15) is 13.8 Å². The van der Waals surface area contributed by atoms with Gasteiger partial charge in [0.05, 0.1) is 0 Å². The molecule has 0 saturated heterocycles. The summed E-state index contributed by atoms with van der Waals surface area (Å²) in [4.78, 5) is 3.40. The van der Waals surface area contributed by atoms with E-state index in [4.69, 9.17) is 12.2 Å². The van der Waals surface area contributed by atoms with Crippen LogP contribution in [0, 0.1) is 0 Å². The maximum atomic E-state index is 5.47. The molecule has 0 N–H and O–H groups in total. The summed E-state index contributed by atoms with van der Waals surface area (Å²) in [5.41, 5.74) is 2.49. The Morgan fingerprint density at radius 3 is 2.00 bits per heavy atom. The monoisotopic (exact) mass is 301 g/mol. The highest BCUT2D eigenvalue weighted by atomic mass is 32.2. The number of nitrogens with zero attached hydrogens (tertiary/aromatic N) is 1. The van der Waals surface area contributed by atoms with E-state index in [9.17, 15) is 0 Å². The van der Waals surface area contributed by atoms with Crippen molar-refractivity contribution in [2.75, 3.05) is 13.1 Å². The average molecular weight is 301 g/mol. The Morgan fingerprint density at radius 2 is 1.45 bits per heavy atom. The average Bonchev–Trinajstić information content (AvgIpc) is 2.50. The van der Waals surface area contributed by atoms with Crippen molar-refractivity contribution < 1.29 is 0 Å². The van der Waals surface area contributed by atoms with Crippen molar-refractivity contribution in [3.63, 3.8) is 0 Å². The topological polar surface area (TPSA) is 3.24 Å². The van der Waals surface area contributed by atoms with E-state index in [2.05, 4.69) is 67.3 Å². The molecule has 0 saturated carbocycles. The number of thioether (sulfide) groups is 1. The second-order valence-electron chi connectivity index (χ2n) is 4.43. The van der Waals surface area contributed by atoms with Gasteiger partial charge in [-0.2, -0.15) is 0 Å². The molecular formula is C17H19NS2. The van der Waals surface area contributed by atoms with Crippen LogP contribution in [0.5, 0.6) is 0 Å². The standard InChI is InChI=1S/C17H19NS2/c1-3-18(4-2)17(19)20-16-12-10-15(11-13-16)14-8-6-5-7-9-14/h5-13H,3-4H2,1-2H3. The first-order chi connectivity index (χ1) is 9.74. The number of thiocarbonyl (C=S) groups is 1. The van der Waals surface area contributed by atoms with Gasteiger partial charge in [-0.1, -0.05) is 66.4 Å². The molecule has 0 unspecified atom stereocenters. The zero-order valence-electron chi connectivity index (χ0n) is 11.9. The molecule has 1 nitrogen and oxygen atoms in total. The van der Waals surface area contributed by atoms with Crippen LogP contribution in [-0.4, -0.2) is 22.3 Å². The summed E-state index contributed by atoms with van der Waals surface area (Å²) in [7, 11) is 0. The minimum atomic E-state index is 0.947. The third-order valence-corrected chi connectivity index (χ3v) is 4.64. The van der Waals surface area contributed by atoms with Crippen LogP contribution in [-0.2, 0) is 0 Å². The third kappa shape index (κ3) is 3.84. The van der Waals surface area contributed by atoms with E-state index in [1.54, 1.807) is 11.8 Å². The largest absolute Gasteiger partial charge is 0.358 e. The van der Waals surface area contributed by atoms with Gasteiger partial charge in [-0.3, -0.25) is 0 Å². The smallest absolute Gasteiger partial charge is 0.141 e. The molecule has 0 aromatic heterocycles. The fourth-order valence-electron chi connectivity index (χ4n) is 1.99. The van der Waals surface area contributed by atoms with Crippen molar-refractivity contribution in [3.05, 3.63) is 54.6 Å². The van der Waals surface area contributed by atoms with Crippen molar-refractivity contribution in [2.45, 2.75) is 18.7 Å². The molecule has 2 aromatic carbocycles. The molecule has 2 aromatic rings. The molecule has 0 radical (unpaired) electrons. The number of hydrogen-bond acceptors (Lipinski definition) is 2. The second-order valence-corrected chi connectivity index (χ2v) is 6.14. The highest BCUT2D eigenvalue weighted by Crippen LogP contribution is 2.25. The lowest BCUT2D eigenvalue weighted by Crippen LogP contribution is -2.26. The van der Waals surface area contributed by atoms with Crippen molar-refractivity contribution >= 4 is 28.3 Å². The molecule has 0 spiro atoms. The van der Waals surface area contributed by atoms with Gasteiger partial charge in [-0.15, -0.1) is 0 Å². The highest BCUT2D eigenvalue weighted by molar-refractivity contribution is 8.22. The number of hydrogen-bond donors (Lipinski definition) is 0. The van der Waals surface area contributed by atoms with Crippen LogP contribution in [0.25, 0.3) is 11.1 Å². The Kier molecular flexibility index (Phi) is 5.62. The van der Waals surface area contributed by atoms with Crippen LogP contribution in [0.15, 0.2) is 59.5 Å². The van der Waals surface area contributed by atoms with Crippen LogP contribution in [0.4, 0.5) is 0 Å². The van der Waals surface area contributed by atoms with Crippen molar-refractivity contribution in [1.29, 1.82) is 0 Å². The molecule has 2 rings (SSSR count). The second kappa shape index (κ2) is 7.46. The molecule has 0 aliphatic carbocycles. The molecule has 0 aliphatic rings. The van der Waals surface area contributed by atoms with Gasteiger partial charge in [-0.05, 0) is 37.1 Å². The summed E-state index contributed by atoms with van der Waals surface area (Å²) in [6, 6.07) is 19.0. The first-order valence-corrected chi connectivity index (χ1v) is 8.09. The van der Waals surface area contributed by atoms with E-state index in [0.717, 1.165) is 17.4 Å². The third-order valence-electron chi connectivity index (χ3n) is 3.19. The van der Waals surface area contributed by atoms with Crippen LogP contribution >= 0.6 is 24.0 Å². The summed E-state index contributed by atoms with van der Waals surface area (Å²) in [6.45, 7) is 6.19. The molecule has 3 heteroatoms. The molecule has 0 heterocycles. The molecule has 0 fully saturated rings. The Labute approximate surface area is 131 Å². The van der Waals surface area contributed by atoms with E-state index >= 15 is 0 Å². The van der Waals surface area contributed by atoms with Crippen molar-refractivity contribution in [2.24, 2.45) is 0 Å². The molecule has 104 valence electrons. The fourth-order valence-corrected chi connectivity index (χ4v) is 3.40. The molecule has 0 atom stereocenters. The quantitative estimate of drug-likeness (QED) is 0.573. The van der Waals surface area contributed by atoms with Gasteiger partial charge >= 0.3 is 0 Å². The number of rotatable bonds is 4. The lowest BCUT2D eigenvalue weighted by Gasteiger charge is -2.20. The van der Waals surface area contributed by atoms with E-state index in [-0.39, 0.29) is 0 Å². The highest BCUT2D eigenvalue weighted by Gasteiger charge is 2.07. The first kappa shape index (κ1) is 15.1. The van der Waals surface area contributed by atoms with Gasteiger partial charge in [0.25, 0.3) is 0 Å². The summed E-state index contributed by atoms with van der Waals surface area (Å²) >= 11 is 7.13. The Hall–Kier alpha value is -1.32. The molecule has 0 amide bonds. The van der Waals surface area contributed by atoms with E-state index in [1.165, 1.54) is 16.0 Å². The Morgan fingerprint density at radius 1 is 0.900 bits per heavy atom. The van der Waals surface area contributed by atoms with Gasteiger partial charge in [0.2, 0.25) is 0 Å². The SMILES string of the molecule is CCN(CC)C(=S)Sc1ccc(-c2ccccc2)cc1. The van der Waals surface area contributed by atoms with Crippen molar-refractivity contribution in [3.8, 4) is 11.1 Å². The minimum Gasteiger partial charge on any atom is -0.358 e. The van der Waals surface area contributed by atoms with Gasteiger partial charge in [0.1, 0.15) is 4.32 Å². The lowest BCUT2D eigenvalue weighted by molar-refractivity contribution is 0.482. The predicted molar refractivity (Wildman–Crippen MR) is 93.3 cm³/mol. The summed E-state index contributed by atoms with van der Waals surface area (Å²) < 4.78 is 0.947. The van der Waals surface area contributed by atoms with E-state index < -0.39 is 0 Å². The van der Waals surface area contributed by atoms with Crippen LogP contribution < -0.4 is 0 Å². The van der Waals surface area contributed by atoms with Gasteiger partial charge < -0.3 is 4.90 Å². The van der Waals surface area contributed by atoms with Crippen LogP contribution in [0.3, 0.4) is 0 Å². The molecule has 0 bridgehead atoms.